The molecule has 1 aromatic heterocycles. The number of fused-ring (bicyclic) bond motifs is 1. The number of benzene rings is 1. The van der Waals surface area contributed by atoms with E-state index in [1.165, 1.54) is 11.3 Å². The van der Waals surface area contributed by atoms with Crippen molar-refractivity contribution in [3.63, 3.8) is 0 Å². The fourth-order valence-electron chi connectivity index (χ4n) is 1.14. The summed E-state index contributed by atoms with van der Waals surface area (Å²) in [5.74, 6) is -0.854. The number of carboxylic acids is 1. The summed E-state index contributed by atoms with van der Waals surface area (Å²) in [4.78, 5) is 10.7. The number of carboxylic acid groups (broad SMARTS) is 1. The number of carbonyl (C=O) groups is 1. The van der Waals surface area contributed by atoms with E-state index in [4.69, 9.17) is 5.11 Å². The highest BCUT2D eigenvalue weighted by Gasteiger charge is 2.08. The van der Waals surface area contributed by atoms with Crippen molar-refractivity contribution in [2.45, 2.75) is 0 Å². The second kappa shape index (κ2) is 3.77. The summed E-state index contributed by atoms with van der Waals surface area (Å²) in [6, 6.07) is 7.51. The first-order valence-corrected chi connectivity index (χ1v) is 4.36. The van der Waals surface area contributed by atoms with E-state index in [1.54, 1.807) is 5.38 Å². The minimum atomic E-state index is -0.854. The van der Waals surface area contributed by atoms with E-state index >= 15 is 0 Å². The van der Waals surface area contributed by atoms with Gasteiger partial charge in [0.2, 0.25) is 0 Å². The molecule has 0 aliphatic rings. The van der Waals surface area contributed by atoms with E-state index in [1.807, 2.05) is 24.3 Å². The van der Waals surface area contributed by atoms with Crippen molar-refractivity contribution in [2.24, 2.45) is 0 Å². The van der Waals surface area contributed by atoms with Crippen LogP contribution in [-0.2, 0) is 0 Å². The molecule has 2 rings (SSSR count). The van der Waals surface area contributed by atoms with Crippen LogP contribution in [0, 0.1) is 0 Å². The number of thiophene rings is 1. The topological polar surface area (TPSA) is 37.3 Å². The molecule has 1 heterocycles. The summed E-state index contributed by atoms with van der Waals surface area (Å²) in [5, 5.41) is 11.3. The molecular weight excluding hydrogens is 208 g/mol. The fraction of sp³-hybridized carbons (Fsp3) is 0. The molecule has 1 N–H and O–H groups in total. The Balaban J connectivity index is 0.000000845. The smallest absolute Gasteiger partial charge is 0.337 e. The summed E-state index contributed by atoms with van der Waals surface area (Å²) in [6.07, 6.45) is 0. The van der Waals surface area contributed by atoms with Gasteiger partial charge in [0.25, 0.3) is 0 Å². The highest BCUT2D eigenvalue weighted by molar-refractivity contribution is 7.17. The molecular formula is C9H7ClO2S. The zero-order chi connectivity index (χ0) is 8.55. The van der Waals surface area contributed by atoms with Gasteiger partial charge in [-0.25, -0.2) is 4.79 Å². The zero-order valence-electron chi connectivity index (χ0n) is 6.56. The maximum Gasteiger partial charge on any atom is 0.337 e. The van der Waals surface area contributed by atoms with Crippen molar-refractivity contribution >= 4 is 39.8 Å². The number of hydrogen-bond acceptors (Lipinski definition) is 2. The van der Waals surface area contributed by atoms with Crippen LogP contribution in [0.4, 0.5) is 0 Å². The van der Waals surface area contributed by atoms with Gasteiger partial charge in [0.15, 0.2) is 0 Å². The fourth-order valence-corrected chi connectivity index (χ4v) is 2.08. The third-order valence-corrected chi connectivity index (χ3v) is 2.67. The first-order chi connectivity index (χ1) is 5.79. The number of halogens is 1. The van der Waals surface area contributed by atoms with E-state index in [0.29, 0.717) is 5.56 Å². The normalized spacial score (nSPS) is 9.54. The van der Waals surface area contributed by atoms with Crippen molar-refractivity contribution in [1.29, 1.82) is 0 Å². The van der Waals surface area contributed by atoms with Gasteiger partial charge in [0.1, 0.15) is 0 Å². The molecule has 0 spiro atoms. The van der Waals surface area contributed by atoms with Crippen LogP contribution in [0.5, 0.6) is 0 Å². The quantitative estimate of drug-likeness (QED) is 0.793. The summed E-state index contributed by atoms with van der Waals surface area (Å²) < 4.78 is 1.02. The van der Waals surface area contributed by atoms with Crippen molar-refractivity contribution in [2.75, 3.05) is 0 Å². The van der Waals surface area contributed by atoms with Gasteiger partial charge < -0.3 is 5.11 Å². The molecule has 0 bridgehead atoms. The molecule has 13 heavy (non-hydrogen) atoms. The zero-order valence-corrected chi connectivity index (χ0v) is 8.19. The number of hydrogen-bond donors (Lipinski definition) is 1. The van der Waals surface area contributed by atoms with Crippen molar-refractivity contribution in [1.82, 2.24) is 0 Å². The average molecular weight is 215 g/mol. The summed E-state index contributed by atoms with van der Waals surface area (Å²) in [6.45, 7) is 0. The molecule has 0 amide bonds. The lowest BCUT2D eigenvalue weighted by Crippen LogP contribution is -1.92. The predicted octanol–water partition coefficient (Wildman–Crippen LogP) is 3.02. The molecule has 0 saturated carbocycles. The maximum atomic E-state index is 10.7. The van der Waals surface area contributed by atoms with Gasteiger partial charge in [-0.05, 0) is 6.07 Å². The van der Waals surface area contributed by atoms with Crippen LogP contribution in [0.1, 0.15) is 10.4 Å². The van der Waals surface area contributed by atoms with Crippen LogP contribution in [0.15, 0.2) is 29.6 Å². The molecule has 2 nitrogen and oxygen atoms in total. The Labute approximate surface area is 85.2 Å². The Morgan fingerprint density at radius 2 is 2.00 bits per heavy atom. The Hall–Kier alpha value is -1.06. The molecule has 4 heteroatoms. The molecule has 2 aromatic rings. The van der Waals surface area contributed by atoms with Gasteiger partial charge in [-0.15, -0.1) is 23.7 Å². The molecule has 1 aromatic carbocycles. The molecule has 0 atom stereocenters. The molecule has 0 fully saturated rings. The molecule has 0 saturated heterocycles. The Bertz CT molecular complexity index is 436. The standard InChI is InChI=1S/C9H6O2S.ClH/c10-9(11)7-5-12-8-4-2-1-3-6(7)8;/h1-5H,(H,10,11);1H. The minimum absolute atomic E-state index is 0. The average Bonchev–Trinajstić information content (AvgIpc) is 2.47. The molecule has 68 valence electrons. The van der Waals surface area contributed by atoms with Crippen LogP contribution < -0.4 is 0 Å². The molecule has 0 radical (unpaired) electrons. The Morgan fingerprint density at radius 1 is 1.31 bits per heavy atom. The third kappa shape index (κ3) is 1.66. The summed E-state index contributed by atoms with van der Waals surface area (Å²) in [7, 11) is 0. The highest BCUT2D eigenvalue weighted by atomic mass is 35.5. The first kappa shape index (κ1) is 10.0. The van der Waals surface area contributed by atoms with Crippen molar-refractivity contribution in [3.8, 4) is 0 Å². The number of aromatic carboxylic acids is 1. The maximum absolute atomic E-state index is 10.7. The van der Waals surface area contributed by atoms with Crippen LogP contribution in [-0.4, -0.2) is 11.1 Å². The van der Waals surface area contributed by atoms with E-state index in [-0.39, 0.29) is 12.4 Å². The van der Waals surface area contributed by atoms with Crippen molar-refractivity contribution < 1.29 is 9.90 Å². The third-order valence-electron chi connectivity index (χ3n) is 1.71. The van der Waals surface area contributed by atoms with E-state index < -0.39 is 5.97 Å². The molecule has 0 aliphatic heterocycles. The minimum Gasteiger partial charge on any atom is -0.478 e. The van der Waals surface area contributed by atoms with E-state index in [2.05, 4.69) is 0 Å². The lowest BCUT2D eigenvalue weighted by atomic mass is 10.2. The number of rotatable bonds is 1. The van der Waals surface area contributed by atoms with Gasteiger partial charge in [-0.2, -0.15) is 0 Å². The van der Waals surface area contributed by atoms with Crippen LogP contribution in [0.25, 0.3) is 10.1 Å². The SMILES string of the molecule is Cl.O=C(O)c1csc2ccccc12. The van der Waals surface area contributed by atoms with Crippen LogP contribution in [0.3, 0.4) is 0 Å². The highest BCUT2D eigenvalue weighted by Crippen LogP contribution is 2.25. The van der Waals surface area contributed by atoms with Gasteiger partial charge in [-0.1, -0.05) is 18.2 Å². The predicted molar refractivity (Wildman–Crippen MR) is 56.0 cm³/mol. The van der Waals surface area contributed by atoms with Crippen LogP contribution in [0.2, 0.25) is 0 Å². The van der Waals surface area contributed by atoms with E-state index in [0.717, 1.165) is 10.1 Å². The monoisotopic (exact) mass is 214 g/mol. The van der Waals surface area contributed by atoms with Crippen LogP contribution >= 0.6 is 23.7 Å². The largest absolute Gasteiger partial charge is 0.478 e. The van der Waals surface area contributed by atoms with Gasteiger partial charge in [0.05, 0.1) is 5.56 Å². The molecule has 0 aliphatic carbocycles. The Morgan fingerprint density at radius 3 is 2.69 bits per heavy atom. The van der Waals surface area contributed by atoms with Crippen molar-refractivity contribution in [3.05, 3.63) is 35.2 Å². The second-order valence-electron chi connectivity index (χ2n) is 2.45. The lowest BCUT2D eigenvalue weighted by Gasteiger charge is -1.89. The first-order valence-electron chi connectivity index (χ1n) is 3.48. The second-order valence-corrected chi connectivity index (χ2v) is 3.36. The lowest BCUT2D eigenvalue weighted by molar-refractivity contribution is 0.0699. The van der Waals surface area contributed by atoms with E-state index in [9.17, 15) is 4.79 Å². The summed E-state index contributed by atoms with van der Waals surface area (Å²) in [5.41, 5.74) is 0.399. The van der Waals surface area contributed by atoms with Gasteiger partial charge in [0, 0.05) is 15.5 Å². The molecule has 0 unspecified atom stereocenters. The summed E-state index contributed by atoms with van der Waals surface area (Å²) >= 11 is 1.46. The van der Waals surface area contributed by atoms with Gasteiger partial charge >= 0.3 is 5.97 Å². The Kier molecular flexibility index (Phi) is 2.90. The van der Waals surface area contributed by atoms with Gasteiger partial charge in [-0.3, -0.25) is 0 Å².